The molecule has 0 radical (unpaired) electrons. The summed E-state index contributed by atoms with van der Waals surface area (Å²) in [6.45, 7) is 0.977. The molecular weight excluding hydrogens is 320 g/mol. The number of aromatic nitrogens is 3. The monoisotopic (exact) mass is 338 g/mol. The third kappa shape index (κ3) is 2.80. The van der Waals surface area contributed by atoms with Gasteiger partial charge in [-0.2, -0.15) is 0 Å². The van der Waals surface area contributed by atoms with E-state index in [-0.39, 0.29) is 17.9 Å². The minimum absolute atomic E-state index is 0.137. The molecule has 8 heteroatoms. The van der Waals surface area contributed by atoms with Crippen LogP contribution in [0.2, 0.25) is 0 Å². The zero-order valence-electron chi connectivity index (χ0n) is 13.7. The molecule has 0 unspecified atom stereocenters. The molecular formula is C17H18N6O2. The summed E-state index contributed by atoms with van der Waals surface area (Å²) in [4.78, 5) is 16.9. The number of benzene rings is 1. The van der Waals surface area contributed by atoms with Gasteiger partial charge in [-0.1, -0.05) is 39.9 Å². The maximum absolute atomic E-state index is 11.1. The molecule has 0 amide bonds. The van der Waals surface area contributed by atoms with Gasteiger partial charge in [-0.3, -0.25) is 4.90 Å². The van der Waals surface area contributed by atoms with Crippen LogP contribution in [0.5, 0.6) is 0 Å². The molecule has 1 saturated heterocycles. The lowest BCUT2D eigenvalue weighted by Gasteiger charge is -2.26. The van der Waals surface area contributed by atoms with Crippen molar-refractivity contribution in [3.63, 3.8) is 0 Å². The van der Waals surface area contributed by atoms with Crippen LogP contribution in [0.15, 0.2) is 48.7 Å². The molecule has 0 bridgehead atoms. The van der Waals surface area contributed by atoms with Gasteiger partial charge in [0.15, 0.2) is 5.82 Å². The van der Waals surface area contributed by atoms with Crippen molar-refractivity contribution in [1.82, 2.24) is 19.5 Å². The summed E-state index contributed by atoms with van der Waals surface area (Å²) in [5.74, 6) is 0.469. The normalized spacial score (nSPS) is 20.8. The maximum Gasteiger partial charge on any atom is 0.368 e. The molecule has 8 nitrogen and oxygen atoms in total. The highest BCUT2D eigenvalue weighted by Gasteiger charge is 2.33. The van der Waals surface area contributed by atoms with E-state index in [1.54, 1.807) is 6.07 Å². The van der Waals surface area contributed by atoms with Gasteiger partial charge < -0.3 is 15.4 Å². The average Bonchev–Trinajstić information content (AvgIpc) is 3.19. The van der Waals surface area contributed by atoms with Gasteiger partial charge in [-0.15, -0.1) is 0 Å². The van der Waals surface area contributed by atoms with Gasteiger partial charge in [-0.25, -0.2) is 4.98 Å². The second kappa shape index (κ2) is 6.14. The van der Waals surface area contributed by atoms with Gasteiger partial charge >= 0.3 is 5.82 Å². The number of likely N-dealkylation sites (tertiary alicyclic amines) is 1. The summed E-state index contributed by atoms with van der Waals surface area (Å²) >= 11 is 0. The summed E-state index contributed by atoms with van der Waals surface area (Å²) in [7, 11) is 2.11. The molecule has 1 aliphatic heterocycles. The van der Waals surface area contributed by atoms with Gasteiger partial charge in [0.2, 0.25) is 5.65 Å². The van der Waals surface area contributed by atoms with E-state index in [1.165, 1.54) is 16.3 Å². The van der Waals surface area contributed by atoms with Gasteiger partial charge in [0.25, 0.3) is 0 Å². The quantitative estimate of drug-likeness (QED) is 0.581. The first kappa shape index (κ1) is 15.5. The van der Waals surface area contributed by atoms with Crippen molar-refractivity contribution in [3.05, 3.63) is 64.3 Å². The molecule has 0 saturated carbocycles. The topological polar surface area (TPSA) is 88.6 Å². The number of imidazole rings is 1. The smallest absolute Gasteiger partial charge is 0.362 e. The number of anilines is 1. The minimum atomic E-state index is -0.479. The van der Waals surface area contributed by atoms with Gasteiger partial charge in [0.05, 0.1) is 6.04 Å². The lowest BCUT2D eigenvalue weighted by atomic mass is 10.0. The van der Waals surface area contributed by atoms with Crippen LogP contribution in [-0.2, 0) is 0 Å². The van der Waals surface area contributed by atoms with Crippen molar-refractivity contribution in [3.8, 4) is 0 Å². The van der Waals surface area contributed by atoms with E-state index in [0.29, 0.717) is 11.5 Å². The van der Waals surface area contributed by atoms with E-state index in [2.05, 4.69) is 39.5 Å². The molecule has 3 aromatic rings. The highest BCUT2D eigenvalue weighted by molar-refractivity contribution is 5.49. The molecule has 25 heavy (non-hydrogen) atoms. The Morgan fingerprint density at radius 2 is 2.04 bits per heavy atom. The molecule has 1 aliphatic rings. The Kier molecular flexibility index (Phi) is 3.81. The van der Waals surface area contributed by atoms with Crippen LogP contribution in [0, 0.1) is 10.1 Å². The van der Waals surface area contributed by atoms with Gasteiger partial charge in [0, 0.05) is 18.7 Å². The Hall–Kier alpha value is -3.00. The molecule has 128 valence electrons. The second-order valence-electron chi connectivity index (χ2n) is 6.24. The standard InChI is InChI=1S/C17H18N6O2/c1-21-10-9-13(17(21)12-5-3-2-4-6-12)19-14-7-8-15-18-11-16(23(24)25)22(15)20-14/h2-8,11,13,17H,9-10H2,1H3,(H,19,20)/t13-,17-/m0/s1. The lowest BCUT2D eigenvalue weighted by Crippen LogP contribution is -2.29. The zero-order valence-corrected chi connectivity index (χ0v) is 13.7. The van der Waals surface area contributed by atoms with E-state index in [4.69, 9.17) is 0 Å². The van der Waals surface area contributed by atoms with Gasteiger partial charge in [-0.05, 0) is 30.0 Å². The van der Waals surface area contributed by atoms with E-state index < -0.39 is 4.92 Å². The first-order valence-electron chi connectivity index (χ1n) is 8.14. The third-order valence-corrected chi connectivity index (χ3v) is 4.65. The van der Waals surface area contributed by atoms with Crippen molar-refractivity contribution in [2.45, 2.75) is 18.5 Å². The molecule has 4 rings (SSSR count). The largest absolute Gasteiger partial charge is 0.368 e. The fourth-order valence-corrected chi connectivity index (χ4v) is 3.49. The number of likely N-dealkylation sites (N-methyl/N-ethyl adjacent to an activating group) is 1. The predicted octanol–water partition coefficient (Wildman–Crippen LogP) is 2.49. The fraction of sp³-hybridized carbons (Fsp3) is 0.294. The Morgan fingerprint density at radius 1 is 1.24 bits per heavy atom. The van der Waals surface area contributed by atoms with Gasteiger partial charge in [0.1, 0.15) is 6.20 Å². The Labute approximate surface area is 144 Å². The average molecular weight is 338 g/mol. The number of nitro groups is 1. The molecule has 0 aliphatic carbocycles. The molecule has 2 aromatic heterocycles. The number of rotatable bonds is 4. The molecule has 0 spiro atoms. The predicted molar refractivity (Wildman–Crippen MR) is 93.5 cm³/mol. The maximum atomic E-state index is 11.1. The first-order valence-corrected chi connectivity index (χ1v) is 8.14. The van der Waals surface area contributed by atoms with Crippen LogP contribution in [0.4, 0.5) is 11.6 Å². The highest BCUT2D eigenvalue weighted by atomic mass is 16.6. The molecule has 1 fully saturated rings. The summed E-state index contributed by atoms with van der Waals surface area (Å²) in [5, 5.41) is 18.9. The summed E-state index contributed by atoms with van der Waals surface area (Å²) in [6, 6.07) is 14.3. The second-order valence-corrected chi connectivity index (χ2v) is 6.24. The number of hydrogen-bond donors (Lipinski definition) is 1. The first-order chi connectivity index (χ1) is 12.1. The van der Waals surface area contributed by atoms with Crippen molar-refractivity contribution in [2.24, 2.45) is 0 Å². The van der Waals surface area contributed by atoms with E-state index >= 15 is 0 Å². The van der Waals surface area contributed by atoms with Crippen molar-refractivity contribution in [2.75, 3.05) is 18.9 Å². The van der Waals surface area contributed by atoms with Crippen molar-refractivity contribution >= 4 is 17.3 Å². The summed E-state index contributed by atoms with van der Waals surface area (Å²) in [5.41, 5.74) is 1.70. The zero-order chi connectivity index (χ0) is 17.4. The molecule has 3 heterocycles. The van der Waals surface area contributed by atoms with E-state index in [9.17, 15) is 10.1 Å². The number of hydrogen-bond acceptors (Lipinski definition) is 6. The molecule has 1 aromatic carbocycles. The Balaban J connectivity index is 1.64. The van der Waals surface area contributed by atoms with Crippen LogP contribution < -0.4 is 5.32 Å². The lowest BCUT2D eigenvalue weighted by molar-refractivity contribution is -0.391. The van der Waals surface area contributed by atoms with Crippen LogP contribution in [-0.4, -0.2) is 44.1 Å². The Bertz CT molecular complexity index is 910. The third-order valence-electron chi connectivity index (χ3n) is 4.65. The van der Waals surface area contributed by atoms with Crippen LogP contribution in [0.1, 0.15) is 18.0 Å². The SMILES string of the molecule is CN1CC[C@H](Nc2ccc3ncc([N+](=O)[O-])n3n2)[C@@H]1c1ccccc1. The van der Waals surface area contributed by atoms with Crippen molar-refractivity contribution in [1.29, 1.82) is 0 Å². The van der Waals surface area contributed by atoms with E-state index in [1.807, 2.05) is 24.3 Å². The van der Waals surface area contributed by atoms with Crippen molar-refractivity contribution < 1.29 is 4.92 Å². The molecule has 2 atom stereocenters. The number of nitrogens with one attached hydrogen (secondary N) is 1. The van der Waals surface area contributed by atoms with Crippen LogP contribution in [0.25, 0.3) is 5.65 Å². The number of nitrogens with zero attached hydrogens (tertiary/aromatic N) is 5. The van der Waals surface area contributed by atoms with Crippen LogP contribution in [0.3, 0.4) is 0 Å². The van der Waals surface area contributed by atoms with Crippen LogP contribution >= 0.6 is 0 Å². The minimum Gasteiger partial charge on any atom is -0.362 e. The van der Waals surface area contributed by atoms with E-state index in [0.717, 1.165) is 13.0 Å². The fourth-order valence-electron chi connectivity index (χ4n) is 3.49. The highest BCUT2D eigenvalue weighted by Crippen LogP contribution is 2.32. The Morgan fingerprint density at radius 3 is 2.80 bits per heavy atom. The summed E-state index contributed by atoms with van der Waals surface area (Å²) < 4.78 is 1.26. The molecule has 1 N–H and O–H groups in total. The number of fused-ring (bicyclic) bond motifs is 1. The summed E-state index contributed by atoms with van der Waals surface area (Å²) in [6.07, 6.45) is 2.20.